The lowest BCUT2D eigenvalue weighted by Crippen LogP contribution is -2.49. The molecule has 58 valence electrons. The zero-order valence-corrected chi connectivity index (χ0v) is 7.72. The molecule has 0 aromatic carbocycles. The molecule has 4 heteroatoms. The Morgan fingerprint density at radius 3 is 2.90 bits per heavy atom. The van der Waals surface area contributed by atoms with Crippen molar-refractivity contribution in [3.05, 3.63) is 0 Å². The van der Waals surface area contributed by atoms with Crippen LogP contribution in [-0.4, -0.2) is 27.6 Å². The zero-order valence-electron chi connectivity index (χ0n) is 5.56. The minimum absolute atomic E-state index is 0.0261. The summed E-state index contributed by atoms with van der Waals surface area (Å²) in [6, 6.07) is 0. The average Bonchev–Trinajstić information content (AvgIpc) is 1.96. The topological polar surface area (TPSA) is 49.3 Å². The Balaban J connectivity index is 2.63. The molecule has 0 saturated carbocycles. The molecule has 0 radical (unpaired) electrons. The molecule has 1 aliphatic heterocycles. The summed E-state index contributed by atoms with van der Waals surface area (Å²) in [6.45, 7) is 0.697. The second-order valence-electron chi connectivity index (χ2n) is 2.48. The molecule has 2 N–H and O–H groups in total. The highest BCUT2D eigenvalue weighted by atomic mass is 127. The largest absolute Gasteiger partial charge is 0.394 e. The van der Waals surface area contributed by atoms with Crippen LogP contribution in [0.4, 0.5) is 0 Å². The normalized spacial score (nSPS) is 33.6. The van der Waals surface area contributed by atoms with E-state index < -0.39 is 3.42 Å². The molecule has 10 heavy (non-hydrogen) atoms. The number of aliphatic hydroxyl groups is 1. The highest BCUT2D eigenvalue weighted by molar-refractivity contribution is 14.1. The van der Waals surface area contributed by atoms with Crippen LogP contribution in [0.5, 0.6) is 0 Å². The summed E-state index contributed by atoms with van der Waals surface area (Å²) in [5.41, 5.74) is 0. The van der Waals surface area contributed by atoms with E-state index in [4.69, 9.17) is 5.11 Å². The van der Waals surface area contributed by atoms with Gasteiger partial charge in [-0.2, -0.15) is 0 Å². The highest BCUT2D eigenvalue weighted by Gasteiger charge is 2.36. The molecule has 1 rings (SSSR count). The van der Waals surface area contributed by atoms with Crippen LogP contribution < -0.4 is 5.32 Å². The minimum atomic E-state index is -0.546. The molecule has 0 spiro atoms. The monoisotopic (exact) mass is 255 g/mol. The molecule has 1 amide bonds. The molecule has 0 bridgehead atoms. The second kappa shape index (κ2) is 3.04. The summed E-state index contributed by atoms with van der Waals surface area (Å²) in [4.78, 5) is 11.1. The SMILES string of the molecule is O=C1NCCCC1(I)CO. The van der Waals surface area contributed by atoms with Gasteiger partial charge in [0.1, 0.15) is 3.42 Å². The van der Waals surface area contributed by atoms with Gasteiger partial charge in [0.05, 0.1) is 6.61 Å². The first-order valence-electron chi connectivity index (χ1n) is 3.27. The smallest absolute Gasteiger partial charge is 0.238 e. The lowest BCUT2D eigenvalue weighted by Gasteiger charge is -2.28. The van der Waals surface area contributed by atoms with Crippen LogP contribution in [0.1, 0.15) is 12.8 Å². The Morgan fingerprint density at radius 2 is 2.50 bits per heavy atom. The summed E-state index contributed by atoms with van der Waals surface area (Å²) >= 11 is 2.02. The predicted octanol–water partition coefficient (Wildman–Crippen LogP) is 0.0625. The molecule has 1 heterocycles. The number of hydrogen-bond donors (Lipinski definition) is 2. The van der Waals surface area contributed by atoms with Crippen molar-refractivity contribution in [2.75, 3.05) is 13.2 Å². The van der Waals surface area contributed by atoms with Crippen molar-refractivity contribution in [1.29, 1.82) is 0 Å². The molecule has 0 aromatic heterocycles. The van der Waals surface area contributed by atoms with Gasteiger partial charge in [-0.15, -0.1) is 0 Å². The van der Waals surface area contributed by atoms with Gasteiger partial charge in [0.25, 0.3) is 0 Å². The number of halogens is 1. The molecule has 1 unspecified atom stereocenters. The van der Waals surface area contributed by atoms with Crippen LogP contribution in [0.2, 0.25) is 0 Å². The number of aliphatic hydroxyl groups excluding tert-OH is 1. The Labute approximate surface area is 73.3 Å². The summed E-state index contributed by atoms with van der Waals surface area (Å²) in [5.74, 6) is -0.0261. The van der Waals surface area contributed by atoms with E-state index >= 15 is 0 Å². The van der Waals surface area contributed by atoms with Crippen LogP contribution in [0.15, 0.2) is 0 Å². The Morgan fingerprint density at radius 1 is 1.80 bits per heavy atom. The van der Waals surface area contributed by atoms with Crippen LogP contribution in [0.25, 0.3) is 0 Å². The minimum Gasteiger partial charge on any atom is -0.394 e. The van der Waals surface area contributed by atoms with E-state index in [2.05, 4.69) is 5.32 Å². The van der Waals surface area contributed by atoms with Gasteiger partial charge in [0.2, 0.25) is 5.91 Å². The highest BCUT2D eigenvalue weighted by Crippen LogP contribution is 2.26. The van der Waals surface area contributed by atoms with E-state index in [0.29, 0.717) is 0 Å². The predicted molar refractivity (Wildman–Crippen MR) is 46.1 cm³/mol. The van der Waals surface area contributed by atoms with Crippen LogP contribution in [0.3, 0.4) is 0 Å². The van der Waals surface area contributed by atoms with E-state index in [-0.39, 0.29) is 12.5 Å². The Bertz CT molecular complexity index is 151. The third kappa shape index (κ3) is 1.42. The van der Waals surface area contributed by atoms with Gasteiger partial charge >= 0.3 is 0 Å². The number of piperidine rings is 1. The van der Waals surface area contributed by atoms with Gasteiger partial charge in [-0.05, 0) is 12.8 Å². The molecule has 3 nitrogen and oxygen atoms in total. The first kappa shape index (κ1) is 8.26. The number of amides is 1. The molecular weight excluding hydrogens is 245 g/mol. The van der Waals surface area contributed by atoms with Crippen LogP contribution in [0, 0.1) is 0 Å². The quantitative estimate of drug-likeness (QED) is 0.514. The standard InChI is InChI=1S/C6H10INO2/c7-6(4-9)2-1-3-8-5(6)10/h9H,1-4H2,(H,8,10). The van der Waals surface area contributed by atoms with Crippen molar-refractivity contribution in [2.24, 2.45) is 0 Å². The molecule has 1 saturated heterocycles. The molecule has 1 aliphatic rings. The van der Waals surface area contributed by atoms with Crippen molar-refractivity contribution < 1.29 is 9.90 Å². The maximum Gasteiger partial charge on any atom is 0.238 e. The molecule has 1 fully saturated rings. The maximum absolute atomic E-state index is 11.1. The number of hydrogen-bond acceptors (Lipinski definition) is 2. The summed E-state index contributed by atoms with van der Waals surface area (Å²) in [7, 11) is 0. The molecule has 0 aliphatic carbocycles. The summed E-state index contributed by atoms with van der Waals surface area (Å²) in [5, 5.41) is 11.6. The summed E-state index contributed by atoms with van der Waals surface area (Å²) in [6.07, 6.45) is 1.76. The Hall–Kier alpha value is 0.160. The van der Waals surface area contributed by atoms with Gasteiger partial charge in [-0.25, -0.2) is 0 Å². The maximum atomic E-state index is 11.1. The van der Waals surface area contributed by atoms with Crippen molar-refractivity contribution in [1.82, 2.24) is 5.32 Å². The van der Waals surface area contributed by atoms with Gasteiger partial charge in [-0.1, -0.05) is 22.6 Å². The fraction of sp³-hybridized carbons (Fsp3) is 0.833. The van der Waals surface area contributed by atoms with Crippen LogP contribution >= 0.6 is 22.6 Å². The van der Waals surface area contributed by atoms with E-state index in [1.54, 1.807) is 0 Å². The number of alkyl halides is 1. The van der Waals surface area contributed by atoms with Crippen molar-refractivity contribution in [3.8, 4) is 0 Å². The lowest BCUT2D eigenvalue weighted by atomic mass is 10.00. The first-order valence-corrected chi connectivity index (χ1v) is 4.35. The third-order valence-corrected chi connectivity index (χ3v) is 3.06. The second-order valence-corrected chi connectivity index (χ2v) is 4.55. The molecule has 1 atom stereocenters. The fourth-order valence-corrected chi connectivity index (χ4v) is 1.57. The molecule has 0 aromatic rings. The fourth-order valence-electron chi connectivity index (χ4n) is 0.993. The Kier molecular flexibility index (Phi) is 2.51. The van der Waals surface area contributed by atoms with Crippen molar-refractivity contribution in [2.45, 2.75) is 16.3 Å². The first-order chi connectivity index (χ1) is 4.69. The van der Waals surface area contributed by atoms with Gasteiger partial charge in [0, 0.05) is 6.54 Å². The number of nitrogens with one attached hydrogen (secondary N) is 1. The zero-order chi connectivity index (χ0) is 7.61. The van der Waals surface area contributed by atoms with Crippen molar-refractivity contribution in [3.63, 3.8) is 0 Å². The van der Waals surface area contributed by atoms with E-state index in [1.807, 2.05) is 22.6 Å². The molecular formula is C6H10INO2. The van der Waals surface area contributed by atoms with Crippen LogP contribution in [-0.2, 0) is 4.79 Å². The number of carbonyl (C=O) groups excluding carboxylic acids is 1. The third-order valence-electron chi connectivity index (χ3n) is 1.69. The average molecular weight is 255 g/mol. The van der Waals surface area contributed by atoms with E-state index in [1.165, 1.54) is 0 Å². The lowest BCUT2D eigenvalue weighted by molar-refractivity contribution is -0.125. The van der Waals surface area contributed by atoms with Gasteiger partial charge < -0.3 is 10.4 Å². The van der Waals surface area contributed by atoms with Crippen molar-refractivity contribution >= 4 is 28.5 Å². The van der Waals surface area contributed by atoms with E-state index in [9.17, 15) is 4.79 Å². The summed E-state index contributed by atoms with van der Waals surface area (Å²) < 4.78 is -0.546. The van der Waals surface area contributed by atoms with Gasteiger partial charge in [0.15, 0.2) is 0 Å². The van der Waals surface area contributed by atoms with Gasteiger partial charge in [-0.3, -0.25) is 4.79 Å². The number of rotatable bonds is 1. The number of carbonyl (C=O) groups is 1. The van der Waals surface area contributed by atoms with E-state index in [0.717, 1.165) is 19.4 Å².